The van der Waals surface area contributed by atoms with Crippen molar-refractivity contribution < 1.29 is 4.39 Å². The third-order valence-electron chi connectivity index (χ3n) is 3.36. The second-order valence-electron chi connectivity index (χ2n) is 4.44. The Balaban J connectivity index is 2.05. The van der Waals surface area contributed by atoms with Crippen LogP contribution in [0.25, 0.3) is 10.8 Å². The van der Waals surface area contributed by atoms with Gasteiger partial charge in [0.1, 0.15) is 5.82 Å². The monoisotopic (exact) mass is 215 g/mol. The van der Waals surface area contributed by atoms with Crippen LogP contribution in [0.3, 0.4) is 0 Å². The molecule has 0 aromatic heterocycles. The molecule has 1 N–H and O–H groups in total. The minimum atomic E-state index is -0.164. The Morgan fingerprint density at radius 3 is 2.69 bits per heavy atom. The van der Waals surface area contributed by atoms with E-state index in [1.807, 2.05) is 12.1 Å². The van der Waals surface area contributed by atoms with E-state index in [0.29, 0.717) is 5.92 Å². The van der Waals surface area contributed by atoms with Crippen LogP contribution in [0.15, 0.2) is 36.4 Å². The molecule has 0 bridgehead atoms. The van der Waals surface area contributed by atoms with Gasteiger partial charge < -0.3 is 5.32 Å². The van der Waals surface area contributed by atoms with Crippen molar-refractivity contribution in [2.75, 3.05) is 13.1 Å². The summed E-state index contributed by atoms with van der Waals surface area (Å²) >= 11 is 0. The first-order valence-electron chi connectivity index (χ1n) is 5.73. The molecule has 3 rings (SSSR count). The van der Waals surface area contributed by atoms with E-state index in [4.69, 9.17) is 0 Å². The summed E-state index contributed by atoms with van der Waals surface area (Å²) in [4.78, 5) is 0. The molecular formula is C14H14FN. The lowest BCUT2D eigenvalue weighted by Gasteiger charge is -2.09. The lowest BCUT2D eigenvalue weighted by atomic mass is 9.96. The summed E-state index contributed by atoms with van der Waals surface area (Å²) in [5.41, 5.74) is 1.36. The Morgan fingerprint density at radius 2 is 1.88 bits per heavy atom. The van der Waals surface area contributed by atoms with Crippen LogP contribution < -0.4 is 5.32 Å². The van der Waals surface area contributed by atoms with E-state index in [1.165, 1.54) is 18.1 Å². The largest absolute Gasteiger partial charge is 0.316 e. The maximum absolute atomic E-state index is 13.0. The standard InChI is InChI=1S/C14H14FN/c15-14-4-3-10-7-11(1-2-12(10)8-14)13-5-6-16-9-13/h1-4,7-8,13,16H,5-6,9H2/t13-/m1/s1. The molecule has 0 spiro atoms. The fourth-order valence-electron chi connectivity index (χ4n) is 2.43. The molecule has 0 amide bonds. The third-order valence-corrected chi connectivity index (χ3v) is 3.36. The molecular weight excluding hydrogens is 201 g/mol. The summed E-state index contributed by atoms with van der Waals surface area (Å²) in [5, 5.41) is 5.48. The Bertz CT molecular complexity index is 515. The second-order valence-corrected chi connectivity index (χ2v) is 4.44. The van der Waals surface area contributed by atoms with Crippen molar-refractivity contribution in [3.05, 3.63) is 47.8 Å². The number of rotatable bonds is 1. The molecule has 1 aliphatic rings. The SMILES string of the molecule is Fc1ccc2cc([C@@H]3CCNC3)ccc2c1. The molecule has 1 fully saturated rings. The van der Waals surface area contributed by atoms with Gasteiger partial charge in [0, 0.05) is 6.54 Å². The van der Waals surface area contributed by atoms with Crippen LogP contribution in [0.5, 0.6) is 0 Å². The summed E-state index contributed by atoms with van der Waals surface area (Å²) in [6, 6.07) is 11.3. The van der Waals surface area contributed by atoms with Crippen molar-refractivity contribution in [1.82, 2.24) is 5.32 Å². The van der Waals surface area contributed by atoms with Gasteiger partial charge >= 0.3 is 0 Å². The highest BCUT2D eigenvalue weighted by atomic mass is 19.1. The third kappa shape index (κ3) is 1.69. The van der Waals surface area contributed by atoms with E-state index in [2.05, 4.69) is 17.4 Å². The van der Waals surface area contributed by atoms with Crippen molar-refractivity contribution in [2.24, 2.45) is 0 Å². The zero-order chi connectivity index (χ0) is 11.0. The summed E-state index contributed by atoms with van der Waals surface area (Å²) in [6.07, 6.45) is 1.20. The van der Waals surface area contributed by atoms with Crippen LogP contribution >= 0.6 is 0 Å². The van der Waals surface area contributed by atoms with Gasteiger partial charge in [-0.1, -0.05) is 24.3 Å². The average Bonchev–Trinajstić information content (AvgIpc) is 2.82. The van der Waals surface area contributed by atoms with Gasteiger partial charge in [0.25, 0.3) is 0 Å². The van der Waals surface area contributed by atoms with Gasteiger partial charge in [-0.2, -0.15) is 0 Å². The van der Waals surface area contributed by atoms with Gasteiger partial charge in [0.15, 0.2) is 0 Å². The highest BCUT2D eigenvalue weighted by molar-refractivity contribution is 5.83. The molecule has 0 unspecified atom stereocenters. The van der Waals surface area contributed by atoms with Gasteiger partial charge in [0.05, 0.1) is 0 Å². The normalized spacial score (nSPS) is 20.4. The molecule has 1 atom stereocenters. The minimum absolute atomic E-state index is 0.164. The van der Waals surface area contributed by atoms with Crippen molar-refractivity contribution in [1.29, 1.82) is 0 Å². The van der Waals surface area contributed by atoms with Gasteiger partial charge in [-0.25, -0.2) is 4.39 Å². The number of hydrogen-bond donors (Lipinski definition) is 1. The fourth-order valence-corrected chi connectivity index (χ4v) is 2.43. The zero-order valence-corrected chi connectivity index (χ0v) is 9.04. The first-order valence-corrected chi connectivity index (χ1v) is 5.73. The zero-order valence-electron chi connectivity index (χ0n) is 9.04. The van der Waals surface area contributed by atoms with Gasteiger partial charge in [-0.05, 0) is 47.4 Å². The van der Waals surface area contributed by atoms with Gasteiger partial charge in [-0.3, -0.25) is 0 Å². The molecule has 2 aromatic carbocycles. The molecule has 2 aromatic rings. The maximum Gasteiger partial charge on any atom is 0.123 e. The van der Waals surface area contributed by atoms with E-state index < -0.39 is 0 Å². The average molecular weight is 215 g/mol. The molecule has 2 heteroatoms. The second kappa shape index (κ2) is 3.87. The summed E-state index contributed by atoms with van der Waals surface area (Å²) < 4.78 is 13.0. The topological polar surface area (TPSA) is 12.0 Å². The number of nitrogens with one attached hydrogen (secondary N) is 1. The first-order chi connectivity index (χ1) is 7.83. The summed E-state index contributed by atoms with van der Waals surface area (Å²) in [6.45, 7) is 2.17. The minimum Gasteiger partial charge on any atom is -0.316 e. The molecule has 0 radical (unpaired) electrons. The highest BCUT2D eigenvalue weighted by Gasteiger charge is 2.16. The molecule has 1 heterocycles. The Kier molecular flexibility index (Phi) is 2.37. The predicted molar refractivity (Wildman–Crippen MR) is 64.1 cm³/mol. The van der Waals surface area contributed by atoms with E-state index in [0.717, 1.165) is 23.9 Å². The lowest BCUT2D eigenvalue weighted by molar-refractivity contribution is 0.629. The van der Waals surface area contributed by atoms with E-state index in [-0.39, 0.29) is 5.82 Å². The van der Waals surface area contributed by atoms with Crippen molar-refractivity contribution in [2.45, 2.75) is 12.3 Å². The quantitative estimate of drug-likeness (QED) is 0.771. The predicted octanol–water partition coefficient (Wildman–Crippen LogP) is 3.06. The first kappa shape index (κ1) is 9.79. The van der Waals surface area contributed by atoms with E-state index >= 15 is 0 Å². The van der Waals surface area contributed by atoms with Crippen LogP contribution in [0.4, 0.5) is 4.39 Å². The van der Waals surface area contributed by atoms with Crippen molar-refractivity contribution >= 4 is 10.8 Å². The molecule has 0 aliphatic carbocycles. The lowest BCUT2D eigenvalue weighted by Crippen LogP contribution is -2.07. The molecule has 0 saturated carbocycles. The number of hydrogen-bond acceptors (Lipinski definition) is 1. The summed E-state index contributed by atoms with van der Waals surface area (Å²) in [7, 11) is 0. The molecule has 1 nitrogen and oxygen atoms in total. The smallest absolute Gasteiger partial charge is 0.123 e. The Morgan fingerprint density at radius 1 is 1.06 bits per heavy atom. The van der Waals surface area contributed by atoms with Crippen LogP contribution in [-0.4, -0.2) is 13.1 Å². The van der Waals surface area contributed by atoms with E-state index in [9.17, 15) is 4.39 Å². The van der Waals surface area contributed by atoms with Crippen molar-refractivity contribution in [3.63, 3.8) is 0 Å². The number of fused-ring (bicyclic) bond motifs is 1. The van der Waals surface area contributed by atoms with Crippen LogP contribution in [0.2, 0.25) is 0 Å². The van der Waals surface area contributed by atoms with Crippen LogP contribution in [0, 0.1) is 5.82 Å². The highest BCUT2D eigenvalue weighted by Crippen LogP contribution is 2.26. The molecule has 82 valence electrons. The molecule has 16 heavy (non-hydrogen) atoms. The number of benzene rings is 2. The van der Waals surface area contributed by atoms with Crippen LogP contribution in [0.1, 0.15) is 17.9 Å². The van der Waals surface area contributed by atoms with Gasteiger partial charge in [0.2, 0.25) is 0 Å². The van der Waals surface area contributed by atoms with Crippen molar-refractivity contribution in [3.8, 4) is 0 Å². The van der Waals surface area contributed by atoms with Gasteiger partial charge in [-0.15, -0.1) is 0 Å². The van der Waals surface area contributed by atoms with Crippen LogP contribution in [-0.2, 0) is 0 Å². The molecule has 1 aliphatic heterocycles. The number of halogens is 1. The summed E-state index contributed by atoms with van der Waals surface area (Å²) in [5.74, 6) is 0.456. The maximum atomic E-state index is 13.0. The fraction of sp³-hybridized carbons (Fsp3) is 0.286. The Labute approximate surface area is 94.3 Å². The Hall–Kier alpha value is -1.41. The molecule has 1 saturated heterocycles. The van der Waals surface area contributed by atoms with E-state index in [1.54, 1.807) is 6.07 Å².